The lowest BCUT2D eigenvalue weighted by atomic mass is 10.0. The van der Waals surface area contributed by atoms with Crippen LogP contribution < -0.4 is 10.6 Å². The molecule has 0 amide bonds. The van der Waals surface area contributed by atoms with E-state index in [-0.39, 0.29) is 0 Å². The van der Waals surface area contributed by atoms with Crippen molar-refractivity contribution in [3.8, 4) is 0 Å². The summed E-state index contributed by atoms with van der Waals surface area (Å²) in [6, 6.07) is 11.9. The van der Waals surface area contributed by atoms with Gasteiger partial charge in [0.05, 0.1) is 5.71 Å². The third-order valence-electron chi connectivity index (χ3n) is 4.76. The van der Waals surface area contributed by atoms with Gasteiger partial charge in [0.1, 0.15) is 6.29 Å². The van der Waals surface area contributed by atoms with Gasteiger partial charge in [0.15, 0.2) is 5.84 Å². The number of nitrogens with zero attached hydrogens (tertiary/aromatic N) is 2. The van der Waals surface area contributed by atoms with Crippen LogP contribution in [0.4, 0.5) is 11.4 Å². The van der Waals surface area contributed by atoms with Crippen molar-refractivity contribution in [1.82, 2.24) is 0 Å². The van der Waals surface area contributed by atoms with Crippen molar-refractivity contribution >= 4 is 34.8 Å². The lowest BCUT2D eigenvalue weighted by molar-refractivity contribution is 0.112. The first-order valence-corrected chi connectivity index (χ1v) is 9.91. The van der Waals surface area contributed by atoms with Crippen LogP contribution >= 0.6 is 0 Å². The van der Waals surface area contributed by atoms with E-state index in [9.17, 15) is 4.79 Å². The Labute approximate surface area is 179 Å². The number of allylic oxidation sites excluding steroid dienone is 2. The Bertz CT molecular complexity index is 1030. The van der Waals surface area contributed by atoms with Gasteiger partial charge in [0, 0.05) is 36.4 Å². The number of aldehydes is 1. The van der Waals surface area contributed by atoms with E-state index < -0.39 is 0 Å². The summed E-state index contributed by atoms with van der Waals surface area (Å²) in [4.78, 5) is 20.2. The summed E-state index contributed by atoms with van der Waals surface area (Å²) in [5, 5.41) is 6.49. The molecule has 0 saturated heterocycles. The van der Waals surface area contributed by atoms with Gasteiger partial charge in [-0.25, -0.2) is 4.99 Å². The van der Waals surface area contributed by atoms with E-state index in [1.54, 1.807) is 12.3 Å². The fourth-order valence-electron chi connectivity index (χ4n) is 2.91. The van der Waals surface area contributed by atoms with Crippen LogP contribution in [0.15, 0.2) is 64.9 Å². The Morgan fingerprint density at radius 1 is 1.00 bits per heavy atom. The zero-order valence-electron chi connectivity index (χ0n) is 18.6. The first-order valence-electron chi connectivity index (χ1n) is 9.91. The van der Waals surface area contributed by atoms with E-state index in [1.807, 2.05) is 59.2 Å². The standard InChI is InChI=1S/C25H30N4O/c1-7-12-27-25(29-23-10-8-22(16-30)17(2)14-23)20(5)28-15-19(4)21-9-11-24(26-6)18(3)13-21/h7-16,26H,1-6H3,(H,27,29)/b12-7-,19-15+,28-20+. The van der Waals surface area contributed by atoms with Gasteiger partial charge in [-0.2, -0.15) is 0 Å². The number of amidine groups is 1. The molecule has 0 heterocycles. The second-order valence-corrected chi connectivity index (χ2v) is 7.08. The first kappa shape index (κ1) is 22.8. The summed E-state index contributed by atoms with van der Waals surface area (Å²) in [7, 11) is 1.92. The number of carbonyl (C=O) groups excluding carboxylic acids is 1. The molecule has 0 saturated carbocycles. The maximum absolute atomic E-state index is 11.1. The molecule has 5 nitrogen and oxygen atoms in total. The zero-order chi connectivity index (χ0) is 22.1. The molecule has 0 unspecified atom stereocenters. The van der Waals surface area contributed by atoms with Crippen LogP contribution in [0.5, 0.6) is 0 Å². The maximum Gasteiger partial charge on any atom is 0.151 e. The van der Waals surface area contributed by atoms with E-state index in [4.69, 9.17) is 0 Å². The fourth-order valence-corrected chi connectivity index (χ4v) is 2.91. The second kappa shape index (κ2) is 10.9. The quantitative estimate of drug-likeness (QED) is 0.338. The van der Waals surface area contributed by atoms with E-state index in [0.29, 0.717) is 11.4 Å². The van der Waals surface area contributed by atoms with Gasteiger partial charge in [0.25, 0.3) is 0 Å². The van der Waals surface area contributed by atoms with Crippen LogP contribution in [0.2, 0.25) is 0 Å². The fraction of sp³-hybridized carbons (Fsp3) is 0.240. The van der Waals surface area contributed by atoms with Gasteiger partial charge in [0.2, 0.25) is 0 Å². The molecule has 2 aromatic carbocycles. The first-order chi connectivity index (χ1) is 14.4. The van der Waals surface area contributed by atoms with Crippen LogP contribution in [0.25, 0.3) is 5.57 Å². The minimum absolute atomic E-state index is 0.650. The van der Waals surface area contributed by atoms with E-state index in [0.717, 1.165) is 40.1 Å². The van der Waals surface area contributed by atoms with Crippen LogP contribution in [0.3, 0.4) is 0 Å². The highest BCUT2D eigenvalue weighted by atomic mass is 16.1. The number of anilines is 2. The van der Waals surface area contributed by atoms with Gasteiger partial charge in [-0.15, -0.1) is 0 Å². The van der Waals surface area contributed by atoms with E-state index in [2.05, 4.69) is 45.7 Å². The topological polar surface area (TPSA) is 65.8 Å². The van der Waals surface area contributed by atoms with Crippen molar-refractivity contribution in [3.63, 3.8) is 0 Å². The van der Waals surface area contributed by atoms with Crippen molar-refractivity contribution in [2.45, 2.75) is 34.6 Å². The van der Waals surface area contributed by atoms with E-state index in [1.165, 1.54) is 5.56 Å². The monoisotopic (exact) mass is 402 g/mol. The molecular formula is C25H30N4O. The highest BCUT2D eigenvalue weighted by Gasteiger charge is 2.06. The van der Waals surface area contributed by atoms with Crippen molar-refractivity contribution in [2.24, 2.45) is 9.98 Å². The third-order valence-corrected chi connectivity index (χ3v) is 4.76. The number of hydrogen-bond donors (Lipinski definition) is 2. The lowest BCUT2D eigenvalue weighted by Gasteiger charge is -2.11. The van der Waals surface area contributed by atoms with Gasteiger partial charge in [-0.3, -0.25) is 9.79 Å². The lowest BCUT2D eigenvalue weighted by Crippen LogP contribution is -2.20. The molecule has 156 valence electrons. The summed E-state index contributed by atoms with van der Waals surface area (Å²) >= 11 is 0. The second-order valence-electron chi connectivity index (χ2n) is 7.08. The number of hydrogen-bond acceptors (Lipinski definition) is 4. The predicted octanol–water partition coefficient (Wildman–Crippen LogP) is 6.02. The Hall–Kier alpha value is -3.47. The number of nitrogens with one attached hydrogen (secondary N) is 2. The smallest absolute Gasteiger partial charge is 0.151 e. The zero-order valence-corrected chi connectivity index (χ0v) is 18.6. The number of benzene rings is 2. The molecule has 2 aromatic rings. The molecule has 0 spiro atoms. The summed E-state index contributed by atoms with van der Waals surface area (Å²) in [6.45, 7) is 9.87. The Kier molecular flexibility index (Phi) is 8.29. The molecule has 0 atom stereocenters. The van der Waals surface area contributed by atoms with Crippen LogP contribution in [0, 0.1) is 13.8 Å². The molecule has 30 heavy (non-hydrogen) atoms. The third kappa shape index (κ3) is 6.01. The minimum atomic E-state index is 0.650. The molecule has 0 aliphatic carbocycles. The number of carbonyl (C=O) groups is 1. The molecule has 0 aliphatic rings. The van der Waals surface area contributed by atoms with Crippen LogP contribution in [0.1, 0.15) is 47.8 Å². The van der Waals surface area contributed by atoms with Crippen molar-refractivity contribution in [3.05, 3.63) is 77.1 Å². The number of rotatable bonds is 7. The van der Waals surface area contributed by atoms with Crippen molar-refractivity contribution in [1.29, 1.82) is 0 Å². The van der Waals surface area contributed by atoms with Gasteiger partial charge < -0.3 is 10.6 Å². The molecule has 2 rings (SSSR count). The summed E-state index contributed by atoms with van der Waals surface area (Å²) in [5.74, 6) is 0.650. The van der Waals surface area contributed by atoms with E-state index >= 15 is 0 Å². The average Bonchev–Trinajstić information content (AvgIpc) is 2.74. The summed E-state index contributed by atoms with van der Waals surface area (Å²) in [5.41, 5.74) is 7.70. The number of aliphatic imine (C=N–C) groups is 2. The van der Waals surface area contributed by atoms with Gasteiger partial charge >= 0.3 is 0 Å². The number of aryl methyl sites for hydroxylation is 2. The molecule has 0 fully saturated rings. The SMILES string of the molecule is C\C=C/N=C(Nc1ccc(C=O)c(C)c1)\C(C)=N\C=C(/C)c1ccc(NC)c(C)c1. The molecule has 2 N–H and O–H groups in total. The highest BCUT2D eigenvalue weighted by Crippen LogP contribution is 2.21. The maximum atomic E-state index is 11.1. The van der Waals surface area contributed by atoms with Crippen molar-refractivity contribution < 1.29 is 4.79 Å². The molecule has 0 aromatic heterocycles. The molecule has 5 heteroatoms. The predicted molar refractivity (Wildman–Crippen MR) is 130 cm³/mol. The summed E-state index contributed by atoms with van der Waals surface area (Å²) in [6.07, 6.45) is 6.31. The van der Waals surface area contributed by atoms with Crippen LogP contribution in [-0.4, -0.2) is 24.9 Å². The molecule has 0 bridgehead atoms. The van der Waals surface area contributed by atoms with Gasteiger partial charge in [-0.05, 0) is 87.2 Å². The normalized spacial score (nSPS) is 12.9. The minimum Gasteiger partial charge on any atom is -0.388 e. The van der Waals surface area contributed by atoms with Gasteiger partial charge in [-0.1, -0.05) is 12.1 Å². The molecule has 0 aliphatic heterocycles. The highest BCUT2D eigenvalue weighted by molar-refractivity contribution is 6.45. The van der Waals surface area contributed by atoms with Crippen LogP contribution in [-0.2, 0) is 0 Å². The largest absolute Gasteiger partial charge is 0.388 e. The average molecular weight is 403 g/mol. The Balaban J connectivity index is 2.29. The molecule has 0 radical (unpaired) electrons. The summed E-state index contributed by atoms with van der Waals surface area (Å²) < 4.78 is 0. The Morgan fingerprint density at radius 3 is 2.37 bits per heavy atom. The molecular weight excluding hydrogens is 372 g/mol. The Morgan fingerprint density at radius 2 is 1.77 bits per heavy atom. The van der Waals surface area contributed by atoms with Crippen molar-refractivity contribution in [2.75, 3.05) is 17.7 Å².